The van der Waals surface area contributed by atoms with Crippen LogP contribution in [0.3, 0.4) is 0 Å². The summed E-state index contributed by atoms with van der Waals surface area (Å²) in [7, 11) is 1.76. The van der Waals surface area contributed by atoms with Crippen LogP contribution in [0.2, 0.25) is 0 Å². The van der Waals surface area contributed by atoms with E-state index in [1.165, 1.54) is 30.4 Å². The SMILES string of the molecule is C=C(C)C1CC[C@]2(C1)C(=C)C=C(OC)C[C@H]2C. The molecule has 0 aromatic rings. The lowest BCUT2D eigenvalue weighted by Gasteiger charge is -2.40. The second kappa shape index (κ2) is 4.36. The molecule has 0 aromatic heterocycles. The topological polar surface area (TPSA) is 9.23 Å². The van der Waals surface area contributed by atoms with Crippen LogP contribution in [0.5, 0.6) is 0 Å². The Labute approximate surface area is 105 Å². The zero-order valence-corrected chi connectivity index (χ0v) is 11.4. The summed E-state index contributed by atoms with van der Waals surface area (Å²) in [6.07, 6.45) is 6.99. The number of hydrogen-bond acceptors (Lipinski definition) is 1. The quantitative estimate of drug-likeness (QED) is 0.638. The molecule has 0 heterocycles. The molecule has 1 fully saturated rings. The van der Waals surface area contributed by atoms with E-state index in [9.17, 15) is 0 Å². The lowest BCUT2D eigenvalue weighted by Crippen LogP contribution is -2.31. The first-order valence-corrected chi connectivity index (χ1v) is 6.59. The van der Waals surface area contributed by atoms with Crippen LogP contribution >= 0.6 is 0 Å². The number of methoxy groups -OCH3 is 1. The Bertz CT molecular complexity index is 377. The Morgan fingerprint density at radius 2 is 2.24 bits per heavy atom. The summed E-state index contributed by atoms with van der Waals surface area (Å²) in [5, 5.41) is 0. The zero-order chi connectivity index (χ0) is 12.6. The Kier molecular flexibility index (Phi) is 3.20. The molecule has 2 rings (SSSR count). The molecule has 0 amide bonds. The van der Waals surface area contributed by atoms with E-state index in [1.54, 1.807) is 7.11 Å². The van der Waals surface area contributed by atoms with Crippen LogP contribution < -0.4 is 0 Å². The summed E-state index contributed by atoms with van der Waals surface area (Å²) >= 11 is 0. The number of ether oxygens (including phenoxy) is 1. The first-order chi connectivity index (χ1) is 7.99. The molecule has 17 heavy (non-hydrogen) atoms. The summed E-state index contributed by atoms with van der Waals surface area (Å²) in [5.74, 6) is 2.41. The Hall–Kier alpha value is -0.980. The van der Waals surface area contributed by atoms with Gasteiger partial charge in [0.15, 0.2) is 0 Å². The van der Waals surface area contributed by atoms with E-state index in [0.29, 0.717) is 17.3 Å². The summed E-state index contributed by atoms with van der Waals surface area (Å²) in [6, 6.07) is 0. The highest BCUT2D eigenvalue weighted by molar-refractivity contribution is 5.33. The fraction of sp³-hybridized carbons (Fsp3) is 0.625. The summed E-state index contributed by atoms with van der Waals surface area (Å²) in [6.45, 7) is 12.9. The second-order valence-corrected chi connectivity index (χ2v) is 5.89. The predicted octanol–water partition coefficient (Wildman–Crippen LogP) is 4.48. The highest BCUT2D eigenvalue weighted by atomic mass is 16.5. The van der Waals surface area contributed by atoms with E-state index in [4.69, 9.17) is 4.74 Å². The third-order valence-corrected chi connectivity index (χ3v) is 4.93. The van der Waals surface area contributed by atoms with Crippen molar-refractivity contribution in [1.29, 1.82) is 0 Å². The van der Waals surface area contributed by atoms with Gasteiger partial charge in [-0.2, -0.15) is 0 Å². The molecule has 0 N–H and O–H groups in total. The van der Waals surface area contributed by atoms with Gasteiger partial charge in [0, 0.05) is 6.42 Å². The average Bonchev–Trinajstić information content (AvgIpc) is 2.72. The van der Waals surface area contributed by atoms with Crippen LogP contribution in [0, 0.1) is 17.3 Å². The van der Waals surface area contributed by atoms with Gasteiger partial charge in [-0.3, -0.25) is 0 Å². The molecule has 2 aliphatic rings. The standard InChI is InChI=1S/C16H24O/c1-11(2)14-6-7-16(10-14)12(3)8-15(17-5)9-13(16)4/h8,13-14H,1,3,6-7,9-10H2,2,4-5H3/t13-,14?,16+/m1/s1. The van der Waals surface area contributed by atoms with E-state index in [1.807, 2.05) is 0 Å². The average molecular weight is 232 g/mol. The van der Waals surface area contributed by atoms with Gasteiger partial charge in [-0.1, -0.05) is 25.7 Å². The van der Waals surface area contributed by atoms with Crippen molar-refractivity contribution in [2.45, 2.75) is 39.5 Å². The normalized spacial score (nSPS) is 37.1. The smallest absolute Gasteiger partial charge is 0.0961 e. The minimum absolute atomic E-state index is 0.311. The Morgan fingerprint density at radius 1 is 1.53 bits per heavy atom. The minimum Gasteiger partial charge on any atom is -0.501 e. The van der Waals surface area contributed by atoms with Crippen LogP contribution in [-0.2, 0) is 4.74 Å². The molecule has 2 aliphatic carbocycles. The second-order valence-electron chi connectivity index (χ2n) is 5.89. The number of rotatable bonds is 2. The summed E-state index contributed by atoms with van der Waals surface area (Å²) < 4.78 is 5.39. The van der Waals surface area contributed by atoms with E-state index in [-0.39, 0.29) is 0 Å². The molecular formula is C16H24O. The fourth-order valence-electron chi connectivity index (χ4n) is 3.59. The minimum atomic E-state index is 0.311. The molecule has 0 saturated heterocycles. The largest absolute Gasteiger partial charge is 0.501 e. The van der Waals surface area contributed by atoms with Gasteiger partial charge < -0.3 is 4.74 Å². The van der Waals surface area contributed by atoms with Crippen LogP contribution in [0.15, 0.2) is 36.1 Å². The van der Waals surface area contributed by atoms with Crippen molar-refractivity contribution in [2.24, 2.45) is 17.3 Å². The highest BCUT2D eigenvalue weighted by Crippen LogP contribution is 2.56. The monoisotopic (exact) mass is 232 g/mol. The molecule has 0 aliphatic heterocycles. The maximum Gasteiger partial charge on any atom is 0.0961 e. The van der Waals surface area contributed by atoms with Gasteiger partial charge in [0.05, 0.1) is 12.9 Å². The van der Waals surface area contributed by atoms with E-state index in [2.05, 4.69) is 33.1 Å². The fourth-order valence-corrected chi connectivity index (χ4v) is 3.59. The third kappa shape index (κ3) is 1.96. The molecule has 0 radical (unpaired) electrons. The molecule has 1 unspecified atom stereocenters. The maximum atomic E-state index is 5.39. The van der Waals surface area contributed by atoms with Crippen molar-refractivity contribution < 1.29 is 4.74 Å². The van der Waals surface area contributed by atoms with Gasteiger partial charge >= 0.3 is 0 Å². The summed E-state index contributed by atoms with van der Waals surface area (Å²) in [4.78, 5) is 0. The Balaban J connectivity index is 2.25. The van der Waals surface area contributed by atoms with E-state index < -0.39 is 0 Å². The molecule has 0 bridgehead atoms. The van der Waals surface area contributed by atoms with Crippen molar-refractivity contribution >= 4 is 0 Å². The molecule has 0 aromatic carbocycles. The van der Waals surface area contributed by atoms with Crippen molar-refractivity contribution in [3.05, 3.63) is 36.1 Å². The van der Waals surface area contributed by atoms with Crippen LogP contribution in [0.25, 0.3) is 0 Å². The van der Waals surface area contributed by atoms with Crippen molar-refractivity contribution in [3.63, 3.8) is 0 Å². The van der Waals surface area contributed by atoms with Crippen molar-refractivity contribution in [3.8, 4) is 0 Å². The molecule has 1 nitrogen and oxygen atoms in total. The molecule has 1 saturated carbocycles. The maximum absolute atomic E-state index is 5.39. The lowest BCUT2D eigenvalue weighted by molar-refractivity contribution is 0.174. The third-order valence-electron chi connectivity index (χ3n) is 4.93. The molecule has 1 heteroatoms. The molecule has 3 atom stereocenters. The molecule has 1 spiro atoms. The van der Waals surface area contributed by atoms with E-state index in [0.717, 1.165) is 12.2 Å². The van der Waals surface area contributed by atoms with Crippen LogP contribution in [-0.4, -0.2) is 7.11 Å². The van der Waals surface area contributed by atoms with Gasteiger partial charge in [-0.05, 0) is 55.1 Å². The van der Waals surface area contributed by atoms with Crippen LogP contribution in [0.1, 0.15) is 39.5 Å². The van der Waals surface area contributed by atoms with Gasteiger partial charge in [0.1, 0.15) is 0 Å². The number of allylic oxidation sites excluding steroid dienone is 4. The van der Waals surface area contributed by atoms with Gasteiger partial charge in [0.2, 0.25) is 0 Å². The first kappa shape index (κ1) is 12.5. The van der Waals surface area contributed by atoms with E-state index >= 15 is 0 Å². The lowest BCUT2D eigenvalue weighted by atomic mass is 9.65. The summed E-state index contributed by atoms with van der Waals surface area (Å²) in [5.41, 5.74) is 2.92. The predicted molar refractivity (Wildman–Crippen MR) is 72.6 cm³/mol. The Morgan fingerprint density at radius 3 is 2.71 bits per heavy atom. The van der Waals surface area contributed by atoms with Crippen molar-refractivity contribution in [1.82, 2.24) is 0 Å². The first-order valence-electron chi connectivity index (χ1n) is 6.59. The van der Waals surface area contributed by atoms with Gasteiger partial charge in [-0.25, -0.2) is 0 Å². The van der Waals surface area contributed by atoms with Gasteiger partial charge in [0.25, 0.3) is 0 Å². The molecular weight excluding hydrogens is 208 g/mol. The molecule has 94 valence electrons. The van der Waals surface area contributed by atoms with Crippen molar-refractivity contribution in [2.75, 3.05) is 7.11 Å². The van der Waals surface area contributed by atoms with Crippen LogP contribution in [0.4, 0.5) is 0 Å². The zero-order valence-electron chi connectivity index (χ0n) is 11.4. The highest BCUT2D eigenvalue weighted by Gasteiger charge is 2.46. The van der Waals surface area contributed by atoms with Gasteiger partial charge in [-0.15, -0.1) is 0 Å². The number of hydrogen-bond donors (Lipinski definition) is 0.